The van der Waals surface area contributed by atoms with Crippen molar-refractivity contribution in [3.05, 3.63) is 12.4 Å². The summed E-state index contributed by atoms with van der Waals surface area (Å²) in [4.78, 5) is 4.13. The molecule has 0 atom stereocenters. The van der Waals surface area contributed by atoms with E-state index < -0.39 is 0 Å². The maximum atomic E-state index is 4.13. The van der Waals surface area contributed by atoms with Gasteiger partial charge in [-0.1, -0.05) is 18.7 Å². The quantitative estimate of drug-likeness (QED) is 0.730. The summed E-state index contributed by atoms with van der Waals surface area (Å²) in [5.41, 5.74) is 0. The van der Waals surface area contributed by atoms with Gasteiger partial charge in [0.15, 0.2) is 5.16 Å². The Hall–Kier alpha value is 0.0400. The number of nitrogens with zero attached hydrogens (tertiary/aromatic N) is 2. The molecule has 0 unspecified atom stereocenters. The lowest BCUT2D eigenvalue weighted by Crippen LogP contribution is -1.82. The summed E-state index contributed by atoms with van der Waals surface area (Å²) >= 11 is 5.09. The third-order valence-electron chi connectivity index (χ3n) is 1.00. The van der Waals surface area contributed by atoms with Crippen molar-refractivity contribution in [2.24, 2.45) is 0 Å². The molecule has 10 heavy (non-hydrogen) atoms. The lowest BCUT2D eigenvalue weighted by Gasteiger charge is -1.95. The molecule has 0 spiro atoms. The number of halogens is 1. The van der Waals surface area contributed by atoms with E-state index in [4.69, 9.17) is 0 Å². The van der Waals surface area contributed by atoms with Crippen molar-refractivity contribution in [2.45, 2.75) is 18.5 Å². The van der Waals surface area contributed by atoms with E-state index in [9.17, 15) is 0 Å². The Balaban J connectivity index is 2.49. The number of imidazole rings is 1. The zero-order valence-electron chi connectivity index (χ0n) is 5.75. The standard InChI is InChI=1S/C6H9BrN2S/c1-2-5-10-6-8-3-4-9(6)7/h3-4H,2,5H2,1H3. The van der Waals surface area contributed by atoms with Crippen LogP contribution in [0.25, 0.3) is 0 Å². The summed E-state index contributed by atoms with van der Waals surface area (Å²) < 4.78 is 1.85. The average Bonchev–Trinajstić information content (AvgIpc) is 2.31. The van der Waals surface area contributed by atoms with Gasteiger partial charge in [0.2, 0.25) is 0 Å². The molecule has 0 radical (unpaired) electrons. The Bertz CT molecular complexity index is 199. The van der Waals surface area contributed by atoms with Crippen LogP contribution in [0.1, 0.15) is 13.3 Å². The van der Waals surface area contributed by atoms with E-state index in [-0.39, 0.29) is 0 Å². The fraction of sp³-hybridized carbons (Fsp3) is 0.500. The molecule has 0 aliphatic heterocycles. The molecule has 0 N–H and O–H groups in total. The molecule has 0 amide bonds. The SMILES string of the molecule is CCCSc1nccn1Br. The molecule has 0 aliphatic carbocycles. The summed E-state index contributed by atoms with van der Waals surface area (Å²) in [7, 11) is 0. The summed E-state index contributed by atoms with van der Waals surface area (Å²) in [6, 6.07) is 0. The molecule has 0 bridgehead atoms. The first-order valence-electron chi connectivity index (χ1n) is 3.17. The summed E-state index contributed by atoms with van der Waals surface area (Å²) in [5.74, 6) is 1.13. The van der Waals surface area contributed by atoms with E-state index in [1.165, 1.54) is 6.42 Å². The highest BCUT2D eigenvalue weighted by Crippen LogP contribution is 2.17. The Kier molecular flexibility index (Phi) is 3.28. The van der Waals surface area contributed by atoms with Gasteiger partial charge in [-0.05, 0) is 6.42 Å². The zero-order valence-corrected chi connectivity index (χ0v) is 8.15. The van der Waals surface area contributed by atoms with Gasteiger partial charge in [-0.25, -0.2) is 4.98 Å². The van der Waals surface area contributed by atoms with Crippen LogP contribution >= 0.6 is 27.9 Å². The second kappa shape index (κ2) is 4.03. The van der Waals surface area contributed by atoms with Crippen LogP contribution in [-0.4, -0.2) is 14.3 Å². The van der Waals surface area contributed by atoms with Gasteiger partial charge in [-0.15, -0.1) is 0 Å². The van der Waals surface area contributed by atoms with E-state index in [0.717, 1.165) is 10.9 Å². The molecule has 0 aliphatic rings. The van der Waals surface area contributed by atoms with E-state index >= 15 is 0 Å². The number of hydrogen-bond donors (Lipinski definition) is 0. The largest absolute Gasteiger partial charge is 0.261 e. The second-order valence-corrected chi connectivity index (χ2v) is 3.70. The van der Waals surface area contributed by atoms with Crippen molar-refractivity contribution in [1.29, 1.82) is 0 Å². The second-order valence-electron chi connectivity index (χ2n) is 1.87. The van der Waals surface area contributed by atoms with Gasteiger partial charge in [-0.3, -0.25) is 3.59 Å². The maximum Gasteiger partial charge on any atom is 0.178 e. The smallest absolute Gasteiger partial charge is 0.178 e. The summed E-state index contributed by atoms with van der Waals surface area (Å²) in [6.07, 6.45) is 4.86. The van der Waals surface area contributed by atoms with E-state index in [1.54, 1.807) is 18.0 Å². The van der Waals surface area contributed by atoms with Crippen molar-refractivity contribution < 1.29 is 0 Å². The van der Waals surface area contributed by atoms with Gasteiger partial charge in [0.05, 0.1) is 16.1 Å². The molecule has 0 saturated carbocycles. The lowest BCUT2D eigenvalue weighted by atomic mass is 10.6. The van der Waals surface area contributed by atoms with Crippen molar-refractivity contribution in [3.8, 4) is 0 Å². The van der Waals surface area contributed by atoms with Gasteiger partial charge in [0.1, 0.15) is 0 Å². The Morgan fingerprint density at radius 1 is 1.80 bits per heavy atom. The first-order valence-corrected chi connectivity index (χ1v) is 4.86. The molecule has 0 aromatic carbocycles. The first kappa shape index (κ1) is 8.14. The van der Waals surface area contributed by atoms with Crippen molar-refractivity contribution in [2.75, 3.05) is 5.75 Å². The fourth-order valence-corrected chi connectivity index (χ4v) is 1.78. The van der Waals surface area contributed by atoms with Crippen LogP contribution in [0.3, 0.4) is 0 Å². The van der Waals surface area contributed by atoms with Crippen molar-refractivity contribution in [1.82, 2.24) is 8.58 Å². The number of rotatable bonds is 3. The number of thioether (sulfide) groups is 1. The predicted molar refractivity (Wildman–Crippen MR) is 47.6 cm³/mol. The van der Waals surface area contributed by atoms with Gasteiger partial charge < -0.3 is 0 Å². The fourth-order valence-electron chi connectivity index (χ4n) is 0.567. The number of hydrogen-bond acceptors (Lipinski definition) is 2. The molecule has 1 rings (SSSR count). The Morgan fingerprint density at radius 3 is 3.10 bits per heavy atom. The van der Waals surface area contributed by atoms with Crippen LogP contribution in [-0.2, 0) is 0 Å². The number of aromatic nitrogens is 2. The highest BCUT2D eigenvalue weighted by Gasteiger charge is 1.97. The van der Waals surface area contributed by atoms with Crippen LogP contribution in [0.4, 0.5) is 0 Å². The highest BCUT2D eigenvalue weighted by atomic mass is 79.9. The minimum Gasteiger partial charge on any atom is -0.261 e. The minimum absolute atomic E-state index is 1.03. The molecule has 2 nitrogen and oxygen atoms in total. The predicted octanol–water partition coefficient (Wildman–Crippen LogP) is 2.54. The van der Waals surface area contributed by atoms with Gasteiger partial charge >= 0.3 is 0 Å². The first-order chi connectivity index (χ1) is 4.84. The zero-order chi connectivity index (χ0) is 7.40. The lowest BCUT2D eigenvalue weighted by molar-refractivity contribution is 1.01. The molecule has 0 fully saturated rings. The molecule has 0 saturated heterocycles. The third kappa shape index (κ3) is 2.02. The molecular formula is C6H9BrN2S. The van der Waals surface area contributed by atoms with Crippen LogP contribution in [0.5, 0.6) is 0 Å². The molecule has 1 aromatic rings. The van der Waals surface area contributed by atoms with Crippen molar-refractivity contribution in [3.63, 3.8) is 0 Å². The average molecular weight is 221 g/mol. The molecule has 1 heterocycles. The third-order valence-corrected chi connectivity index (χ3v) is 2.98. The van der Waals surface area contributed by atoms with Crippen LogP contribution in [0, 0.1) is 0 Å². The Labute approximate surface area is 73.4 Å². The summed E-state index contributed by atoms with van der Waals surface area (Å²) in [6.45, 7) is 2.16. The van der Waals surface area contributed by atoms with Crippen LogP contribution in [0.2, 0.25) is 0 Å². The summed E-state index contributed by atoms with van der Waals surface area (Å²) in [5, 5.41) is 1.03. The Morgan fingerprint density at radius 2 is 2.60 bits per heavy atom. The van der Waals surface area contributed by atoms with Crippen LogP contribution in [0.15, 0.2) is 17.6 Å². The van der Waals surface area contributed by atoms with E-state index in [2.05, 4.69) is 28.1 Å². The van der Waals surface area contributed by atoms with E-state index in [1.807, 2.05) is 9.79 Å². The highest BCUT2D eigenvalue weighted by molar-refractivity contribution is 9.08. The van der Waals surface area contributed by atoms with Gasteiger partial charge in [0, 0.05) is 18.1 Å². The monoisotopic (exact) mass is 220 g/mol. The topological polar surface area (TPSA) is 17.8 Å². The minimum atomic E-state index is 1.03. The molecule has 4 heteroatoms. The van der Waals surface area contributed by atoms with Gasteiger partial charge in [0.25, 0.3) is 0 Å². The van der Waals surface area contributed by atoms with Gasteiger partial charge in [-0.2, -0.15) is 0 Å². The normalized spacial score (nSPS) is 10.2. The van der Waals surface area contributed by atoms with Crippen LogP contribution < -0.4 is 0 Å². The molecular weight excluding hydrogens is 212 g/mol. The van der Waals surface area contributed by atoms with Crippen molar-refractivity contribution >= 4 is 27.9 Å². The van der Waals surface area contributed by atoms with E-state index in [0.29, 0.717) is 0 Å². The maximum absolute atomic E-state index is 4.13. The molecule has 1 aromatic heterocycles. The molecule has 56 valence electrons.